The predicted molar refractivity (Wildman–Crippen MR) is 73.0 cm³/mol. The molecule has 0 radical (unpaired) electrons. The van der Waals surface area contributed by atoms with Gasteiger partial charge in [0, 0.05) is 6.20 Å². The van der Waals surface area contributed by atoms with Crippen LogP contribution in [0.2, 0.25) is 0 Å². The Morgan fingerprint density at radius 1 is 1.45 bits per heavy atom. The van der Waals surface area contributed by atoms with E-state index in [1.165, 1.54) is 10.6 Å². The first-order chi connectivity index (χ1) is 9.69. The average Bonchev–Trinajstić information content (AvgIpc) is 2.83. The number of nitriles is 1. The van der Waals surface area contributed by atoms with Gasteiger partial charge in [0.2, 0.25) is 0 Å². The first kappa shape index (κ1) is 12.1. The number of imidazole rings is 1. The van der Waals surface area contributed by atoms with Crippen molar-refractivity contribution < 1.29 is 5.21 Å². The number of hydroxylamine groups is 1. The summed E-state index contributed by atoms with van der Waals surface area (Å²) in [5.41, 5.74) is 3.96. The van der Waals surface area contributed by atoms with E-state index >= 15 is 0 Å². The third-order valence-corrected chi connectivity index (χ3v) is 3.32. The van der Waals surface area contributed by atoms with E-state index in [4.69, 9.17) is 5.21 Å². The normalized spacial score (nSPS) is 11.9. The minimum absolute atomic E-state index is 0.236. The van der Waals surface area contributed by atoms with Crippen LogP contribution >= 0.6 is 0 Å². The van der Waals surface area contributed by atoms with E-state index in [9.17, 15) is 10.1 Å². The summed E-state index contributed by atoms with van der Waals surface area (Å²) in [7, 11) is 0. The van der Waals surface area contributed by atoms with Crippen molar-refractivity contribution in [1.82, 2.24) is 14.9 Å². The Labute approximate surface area is 113 Å². The Morgan fingerprint density at radius 2 is 2.20 bits per heavy atom. The van der Waals surface area contributed by atoms with Crippen LogP contribution in [0.25, 0.3) is 22.9 Å². The summed E-state index contributed by atoms with van der Waals surface area (Å²) in [5, 5.41) is 18.4. The zero-order valence-corrected chi connectivity index (χ0v) is 10.6. The first-order valence-corrected chi connectivity index (χ1v) is 5.92. The molecule has 0 saturated heterocycles. The highest BCUT2D eigenvalue weighted by Crippen LogP contribution is 2.17. The number of nitrogens with zero attached hydrogens (tertiary/aromatic N) is 3. The zero-order chi connectivity index (χ0) is 14.3. The summed E-state index contributed by atoms with van der Waals surface area (Å²) in [4.78, 5) is 16.9. The number of aromatic nitrogens is 2. The highest BCUT2D eigenvalue weighted by Gasteiger charge is 2.15. The topological polar surface area (TPSA) is 90.4 Å². The molecule has 20 heavy (non-hydrogen) atoms. The van der Waals surface area contributed by atoms with Gasteiger partial charge >= 0.3 is 0 Å². The fourth-order valence-corrected chi connectivity index (χ4v) is 2.35. The van der Waals surface area contributed by atoms with Gasteiger partial charge in [-0.15, -0.1) is 0 Å². The Balaban J connectivity index is 2.71. The zero-order valence-electron chi connectivity index (χ0n) is 10.6. The largest absolute Gasteiger partial charge is 0.292 e. The molecule has 1 aromatic carbocycles. The highest BCUT2D eigenvalue weighted by atomic mass is 16.5. The summed E-state index contributed by atoms with van der Waals surface area (Å²) >= 11 is 0. The minimum Gasteiger partial charge on any atom is -0.292 e. The molecule has 3 aromatic rings. The molecule has 6 nitrogen and oxygen atoms in total. The molecular formula is C14H10N4O2. The molecule has 0 unspecified atom stereocenters. The van der Waals surface area contributed by atoms with Crippen molar-refractivity contribution in [2.45, 2.75) is 6.92 Å². The highest BCUT2D eigenvalue weighted by molar-refractivity contribution is 5.82. The van der Waals surface area contributed by atoms with E-state index in [2.05, 4.69) is 11.1 Å². The van der Waals surface area contributed by atoms with Gasteiger partial charge in [0.25, 0.3) is 5.56 Å². The Kier molecular flexibility index (Phi) is 2.63. The van der Waals surface area contributed by atoms with E-state index < -0.39 is 0 Å². The average molecular weight is 266 g/mol. The maximum atomic E-state index is 12.5. The monoisotopic (exact) mass is 266 g/mol. The second kappa shape index (κ2) is 4.33. The van der Waals surface area contributed by atoms with E-state index in [1.807, 2.05) is 11.5 Å². The standard InChI is InChI=1S/C14H10N4O2/c1-8-9(6-15)13-17-11-4-2-3-5-12(11)18(13)14(19)10(8)7-16-20/h2-5,7,16,20H,1H3/b10-7-. The van der Waals surface area contributed by atoms with Crippen molar-refractivity contribution >= 4 is 22.9 Å². The van der Waals surface area contributed by atoms with Crippen LogP contribution < -0.4 is 16.3 Å². The van der Waals surface area contributed by atoms with Gasteiger partial charge in [-0.1, -0.05) is 12.1 Å². The molecule has 98 valence electrons. The van der Waals surface area contributed by atoms with Gasteiger partial charge in [-0.3, -0.25) is 19.9 Å². The lowest BCUT2D eigenvalue weighted by molar-refractivity contribution is 0.230. The van der Waals surface area contributed by atoms with Crippen molar-refractivity contribution in [3.8, 4) is 6.07 Å². The molecule has 0 aliphatic heterocycles. The van der Waals surface area contributed by atoms with Gasteiger partial charge in [0.05, 0.1) is 21.8 Å². The van der Waals surface area contributed by atoms with E-state index in [-0.39, 0.29) is 10.8 Å². The Morgan fingerprint density at radius 3 is 2.90 bits per heavy atom. The molecule has 0 aliphatic carbocycles. The maximum Gasteiger partial charge on any atom is 0.266 e. The summed E-state index contributed by atoms with van der Waals surface area (Å²) in [6.45, 7) is 1.66. The van der Waals surface area contributed by atoms with Gasteiger partial charge < -0.3 is 0 Å². The second-order valence-electron chi connectivity index (χ2n) is 4.36. The van der Waals surface area contributed by atoms with Crippen LogP contribution in [0.5, 0.6) is 0 Å². The molecule has 2 aromatic heterocycles. The van der Waals surface area contributed by atoms with Crippen LogP contribution in [0.4, 0.5) is 0 Å². The van der Waals surface area contributed by atoms with E-state index in [0.717, 1.165) is 0 Å². The van der Waals surface area contributed by atoms with Gasteiger partial charge in [-0.25, -0.2) is 4.98 Å². The summed E-state index contributed by atoms with van der Waals surface area (Å²) in [5.74, 6) is 0. The molecule has 0 aliphatic rings. The molecular weight excluding hydrogens is 256 g/mol. The van der Waals surface area contributed by atoms with Crippen LogP contribution in [0.15, 0.2) is 29.1 Å². The number of pyridine rings is 1. The van der Waals surface area contributed by atoms with Crippen LogP contribution in [0.1, 0.15) is 11.1 Å². The second-order valence-corrected chi connectivity index (χ2v) is 4.36. The van der Waals surface area contributed by atoms with Gasteiger partial charge in [-0.2, -0.15) is 5.26 Å². The van der Waals surface area contributed by atoms with Crippen molar-refractivity contribution in [3.63, 3.8) is 0 Å². The third kappa shape index (κ3) is 1.47. The quantitative estimate of drug-likeness (QED) is 0.625. The lowest BCUT2D eigenvalue weighted by Crippen LogP contribution is -2.35. The Bertz CT molecular complexity index is 982. The maximum absolute atomic E-state index is 12.5. The van der Waals surface area contributed by atoms with E-state index in [1.54, 1.807) is 25.1 Å². The first-order valence-electron chi connectivity index (χ1n) is 5.92. The van der Waals surface area contributed by atoms with Gasteiger partial charge in [0.1, 0.15) is 6.07 Å². The lowest BCUT2D eigenvalue weighted by Gasteiger charge is -2.02. The number of nitrogens with one attached hydrogen (secondary N) is 1. The SMILES string of the molecule is Cc1c(C#N)c2nc3ccccc3n2c(=O)/c1=C\NO. The van der Waals surface area contributed by atoms with Crippen LogP contribution in [-0.2, 0) is 0 Å². The molecule has 0 atom stereocenters. The van der Waals surface area contributed by atoms with Crippen LogP contribution in [-0.4, -0.2) is 14.6 Å². The minimum atomic E-state index is -0.327. The number of rotatable bonds is 1. The molecule has 0 amide bonds. The van der Waals surface area contributed by atoms with Crippen molar-refractivity contribution in [1.29, 1.82) is 5.26 Å². The molecule has 0 bridgehead atoms. The van der Waals surface area contributed by atoms with Crippen LogP contribution in [0.3, 0.4) is 0 Å². The fourth-order valence-electron chi connectivity index (χ4n) is 2.35. The predicted octanol–water partition coefficient (Wildman–Crippen LogP) is 0.463. The number of para-hydroxylation sites is 2. The van der Waals surface area contributed by atoms with Crippen molar-refractivity contribution in [2.75, 3.05) is 0 Å². The molecule has 6 heteroatoms. The smallest absolute Gasteiger partial charge is 0.266 e. The number of benzene rings is 1. The molecule has 0 spiro atoms. The summed E-state index contributed by atoms with van der Waals surface area (Å²) in [6.07, 6.45) is 1.17. The summed E-state index contributed by atoms with van der Waals surface area (Å²) < 4.78 is 1.39. The summed E-state index contributed by atoms with van der Waals surface area (Å²) in [6, 6.07) is 9.25. The van der Waals surface area contributed by atoms with E-state index in [0.29, 0.717) is 27.8 Å². The molecule has 2 heterocycles. The number of hydrogen-bond donors (Lipinski definition) is 2. The van der Waals surface area contributed by atoms with Crippen molar-refractivity contribution in [2.24, 2.45) is 0 Å². The number of fused-ring (bicyclic) bond motifs is 3. The van der Waals surface area contributed by atoms with Gasteiger partial charge in [0.15, 0.2) is 5.65 Å². The van der Waals surface area contributed by atoms with Crippen molar-refractivity contribution in [3.05, 3.63) is 51.0 Å². The Hall–Kier alpha value is -2.91. The molecule has 2 N–H and O–H groups in total. The number of hydrogen-bond acceptors (Lipinski definition) is 5. The van der Waals surface area contributed by atoms with Gasteiger partial charge in [-0.05, 0) is 24.6 Å². The lowest BCUT2D eigenvalue weighted by atomic mass is 10.1. The van der Waals surface area contributed by atoms with Crippen LogP contribution in [0, 0.1) is 18.3 Å². The third-order valence-electron chi connectivity index (χ3n) is 3.32. The molecule has 0 fully saturated rings. The molecule has 0 saturated carbocycles. The molecule has 3 rings (SSSR count). The fraction of sp³-hybridized carbons (Fsp3) is 0.0714.